The SMILES string of the molecule is CCc1c2c(nc3ccc(OC(=O)OCCSSc4ccccn4)cc13)-c1cc3c(c(=O)n1C2)COC(=O)C3O. The van der Waals surface area contributed by atoms with E-state index in [9.17, 15) is 19.5 Å². The normalized spacial score (nSPS) is 15.2. The van der Waals surface area contributed by atoms with Gasteiger partial charge in [0.1, 0.15) is 24.0 Å². The molecule has 5 heterocycles. The monoisotopic (exact) mass is 577 g/mol. The summed E-state index contributed by atoms with van der Waals surface area (Å²) < 4.78 is 17.2. The smallest absolute Gasteiger partial charge is 0.458 e. The fraction of sp³-hybridized carbons (Fsp3) is 0.250. The molecule has 3 aromatic heterocycles. The summed E-state index contributed by atoms with van der Waals surface area (Å²) >= 11 is 0. The summed E-state index contributed by atoms with van der Waals surface area (Å²) in [5.41, 5.74) is 3.90. The van der Waals surface area contributed by atoms with Crippen LogP contribution in [-0.2, 0) is 33.8 Å². The zero-order valence-corrected chi connectivity index (χ0v) is 22.9. The molecule has 12 heteroatoms. The van der Waals surface area contributed by atoms with Crippen molar-refractivity contribution in [1.82, 2.24) is 14.5 Å². The summed E-state index contributed by atoms with van der Waals surface area (Å²) in [6.45, 7) is 2.32. The first-order valence-electron chi connectivity index (χ1n) is 12.6. The molecule has 1 aromatic carbocycles. The van der Waals surface area contributed by atoms with Crippen LogP contribution < -0.4 is 10.3 Å². The molecule has 0 saturated heterocycles. The van der Waals surface area contributed by atoms with Crippen molar-refractivity contribution in [3.8, 4) is 17.1 Å². The fourth-order valence-electron chi connectivity index (χ4n) is 4.94. The van der Waals surface area contributed by atoms with Crippen LogP contribution in [0.15, 0.2) is 58.5 Å². The molecule has 0 bridgehead atoms. The third-order valence-electron chi connectivity index (χ3n) is 6.77. The van der Waals surface area contributed by atoms with E-state index in [1.165, 1.54) is 21.6 Å². The van der Waals surface area contributed by atoms with Crippen LogP contribution in [0.2, 0.25) is 0 Å². The number of rotatable bonds is 7. The van der Waals surface area contributed by atoms with Gasteiger partial charge in [-0.05, 0) is 59.2 Å². The van der Waals surface area contributed by atoms with E-state index >= 15 is 0 Å². The second kappa shape index (κ2) is 11.0. The minimum Gasteiger partial charge on any atom is -0.458 e. The molecule has 0 fully saturated rings. The largest absolute Gasteiger partial charge is 0.513 e. The van der Waals surface area contributed by atoms with Crippen molar-refractivity contribution >= 4 is 44.6 Å². The van der Waals surface area contributed by atoms with E-state index in [4.69, 9.17) is 19.2 Å². The third-order valence-corrected chi connectivity index (χ3v) is 9.00. The lowest BCUT2D eigenvalue weighted by Gasteiger charge is -2.21. The Labute approximate surface area is 236 Å². The minimum atomic E-state index is -1.50. The zero-order chi connectivity index (χ0) is 27.8. The molecule has 0 amide bonds. The van der Waals surface area contributed by atoms with Crippen molar-refractivity contribution in [3.63, 3.8) is 0 Å². The average Bonchev–Trinajstić information content (AvgIpc) is 3.33. The Kier molecular flexibility index (Phi) is 7.22. The van der Waals surface area contributed by atoms with E-state index in [0.717, 1.165) is 21.5 Å². The molecule has 6 rings (SSSR count). The van der Waals surface area contributed by atoms with Crippen LogP contribution in [0.3, 0.4) is 0 Å². The van der Waals surface area contributed by atoms with Gasteiger partial charge in [-0.15, -0.1) is 0 Å². The highest BCUT2D eigenvalue weighted by Crippen LogP contribution is 2.38. The number of aryl methyl sites for hydroxylation is 1. The molecular weight excluding hydrogens is 554 g/mol. The van der Waals surface area contributed by atoms with E-state index < -0.39 is 18.2 Å². The number of esters is 1. The summed E-state index contributed by atoms with van der Waals surface area (Å²) in [4.78, 5) is 46.5. The fourth-order valence-corrected chi connectivity index (χ4v) is 6.64. The maximum atomic E-state index is 13.2. The molecule has 0 radical (unpaired) electrons. The lowest BCUT2D eigenvalue weighted by molar-refractivity contribution is -0.157. The number of hydrogen-bond donors (Lipinski definition) is 1. The summed E-state index contributed by atoms with van der Waals surface area (Å²) in [6.07, 6.45) is 0.0706. The van der Waals surface area contributed by atoms with Crippen molar-refractivity contribution in [2.45, 2.75) is 37.6 Å². The number of pyridine rings is 3. The van der Waals surface area contributed by atoms with Crippen molar-refractivity contribution in [2.24, 2.45) is 0 Å². The third kappa shape index (κ3) is 4.82. The highest BCUT2D eigenvalue weighted by atomic mass is 33.1. The van der Waals surface area contributed by atoms with Crippen LogP contribution >= 0.6 is 21.6 Å². The summed E-state index contributed by atoms with van der Waals surface area (Å²) in [7, 11) is 3.03. The molecule has 2 aliphatic heterocycles. The van der Waals surface area contributed by atoms with Crippen LogP contribution in [0.25, 0.3) is 22.3 Å². The number of cyclic esters (lactones) is 1. The number of aliphatic hydroxyl groups is 1. The number of carbonyl (C=O) groups is 2. The quantitative estimate of drug-likeness (QED) is 0.128. The van der Waals surface area contributed by atoms with E-state index in [0.29, 0.717) is 41.4 Å². The zero-order valence-electron chi connectivity index (χ0n) is 21.3. The van der Waals surface area contributed by atoms with Crippen molar-refractivity contribution in [2.75, 3.05) is 12.4 Å². The van der Waals surface area contributed by atoms with E-state index in [1.807, 2.05) is 25.1 Å². The number of aromatic nitrogens is 3. The van der Waals surface area contributed by atoms with Crippen LogP contribution in [0.1, 0.15) is 35.3 Å². The van der Waals surface area contributed by atoms with Crippen LogP contribution in [-0.4, -0.2) is 44.1 Å². The standard InChI is InChI=1S/C28H23N3O7S2/c1-2-16-17-11-15(38-28(35)36-9-10-39-40-23-5-3-4-8-29-23)6-7-21(17)30-24-19(16)13-31-22(24)12-18-20(26(31)33)14-37-27(34)25(18)32/h3-8,11-12,25,32H,2,9-10,13-14H2,1H3. The van der Waals surface area contributed by atoms with E-state index in [1.54, 1.807) is 35.0 Å². The predicted molar refractivity (Wildman–Crippen MR) is 149 cm³/mol. The van der Waals surface area contributed by atoms with Crippen LogP contribution in [0.4, 0.5) is 4.79 Å². The van der Waals surface area contributed by atoms with Gasteiger partial charge >= 0.3 is 12.1 Å². The van der Waals surface area contributed by atoms with Crippen LogP contribution in [0, 0.1) is 0 Å². The number of hydrogen-bond acceptors (Lipinski definition) is 11. The molecule has 0 spiro atoms. The lowest BCUT2D eigenvalue weighted by Crippen LogP contribution is -2.32. The Balaban J connectivity index is 1.20. The number of carbonyl (C=O) groups excluding carboxylic acids is 2. The Morgan fingerprint density at radius 1 is 1.20 bits per heavy atom. The van der Waals surface area contributed by atoms with E-state index in [-0.39, 0.29) is 29.9 Å². The van der Waals surface area contributed by atoms with Gasteiger partial charge in [0.05, 0.1) is 29.0 Å². The molecule has 0 aliphatic carbocycles. The number of aliphatic hydroxyl groups excluding tert-OH is 1. The second-order valence-corrected chi connectivity index (χ2v) is 11.5. The van der Waals surface area contributed by atoms with Crippen LogP contribution in [0.5, 0.6) is 5.75 Å². The topological polar surface area (TPSA) is 130 Å². The van der Waals surface area contributed by atoms with Gasteiger partial charge in [-0.1, -0.05) is 23.8 Å². The molecule has 1 unspecified atom stereocenters. The molecule has 2 aliphatic rings. The van der Waals surface area contributed by atoms with Gasteiger partial charge in [-0.2, -0.15) is 0 Å². The first-order valence-corrected chi connectivity index (χ1v) is 14.9. The van der Waals surface area contributed by atoms with E-state index in [2.05, 4.69) is 4.98 Å². The summed E-state index contributed by atoms with van der Waals surface area (Å²) in [5, 5.41) is 12.0. The molecule has 4 aromatic rings. The number of fused-ring (bicyclic) bond motifs is 5. The Bertz CT molecular complexity index is 1710. The predicted octanol–water partition coefficient (Wildman–Crippen LogP) is 4.43. The van der Waals surface area contributed by atoms with Crippen molar-refractivity contribution in [1.29, 1.82) is 0 Å². The molecule has 1 atom stereocenters. The number of benzene rings is 1. The van der Waals surface area contributed by atoms with Gasteiger partial charge in [0.25, 0.3) is 5.56 Å². The molecule has 10 nitrogen and oxygen atoms in total. The maximum Gasteiger partial charge on any atom is 0.513 e. The van der Waals surface area contributed by atoms with Gasteiger partial charge in [-0.25, -0.2) is 19.6 Å². The Morgan fingerprint density at radius 3 is 2.88 bits per heavy atom. The van der Waals surface area contributed by atoms with Gasteiger partial charge in [0.15, 0.2) is 6.10 Å². The van der Waals surface area contributed by atoms with Gasteiger partial charge in [0.2, 0.25) is 0 Å². The maximum absolute atomic E-state index is 13.2. The molecule has 1 N–H and O–H groups in total. The Hall–Kier alpha value is -3.87. The Morgan fingerprint density at radius 2 is 2.08 bits per heavy atom. The highest BCUT2D eigenvalue weighted by Gasteiger charge is 2.34. The van der Waals surface area contributed by atoms with Gasteiger partial charge in [-0.3, -0.25) is 4.79 Å². The number of ether oxygens (including phenoxy) is 3. The molecule has 0 saturated carbocycles. The highest BCUT2D eigenvalue weighted by molar-refractivity contribution is 8.76. The van der Waals surface area contributed by atoms with Gasteiger partial charge < -0.3 is 23.9 Å². The lowest BCUT2D eigenvalue weighted by atomic mass is 9.97. The summed E-state index contributed by atoms with van der Waals surface area (Å²) in [5.74, 6) is 0.125. The van der Waals surface area contributed by atoms with Crippen molar-refractivity contribution < 1.29 is 28.9 Å². The minimum absolute atomic E-state index is 0.171. The first-order chi connectivity index (χ1) is 19.4. The molecule has 204 valence electrons. The summed E-state index contributed by atoms with van der Waals surface area (Å²) in [6, 6.07) is 12.5. The first kappa shape index (κ1) is 26.4. The van der Waals surface area contributed by atoms with Gasteiger partial charge in [0, 0.05) is 28.5 Å². The second-order valence-electron chi connectivity index (χ2n) is 9.09. The number of nitrogens with zero attached hydrogens (tertiary/aromatic N) is 3. The van der Waals surface area contributed by atoms with Crippen molar-refractivity contribution in [3.05, 3.63) is 81.3 Å². The molecule has 40 heavy (non-hydrogen) atoms. The average molecular weight is 578 g/mol. The molecular formula is C28H23N3O7S2.